The van der Waals surface area contributed by atoms with E-state index < -0.39 is 0 Å². The lowest BCUT2D eigenvalue weighted by Gasteiger charge is -2.33. The molecular weight excluding hydrogens is 184 g/mol. The van der Waals surface area contributed by atoms with E-state index in [0.717, 1.165) is 5.92 Å². The summed E-state index contributed by atoms with van der Waals surface area (Å²) in [6, 6.07) is 1.28. The Morgan fingerprint density at radius 2 is 2.07 bits per heavy atom. The molecule has 0 aromatic carbocycles. The molecule has 0 amide bonds. The first-order valence-electron chi connectivity index (χ1n) is 6.60. The summed E-state index contributed by atoms with van der Waals surface area (Å²) < 4.78 is 0. The maximum Gasteiger partial charge on any atom is 0.0169 e. The fourth-order valence-electron chi connectivity index (χ4n) is 2.50. The summed E-state index contributed by atoms with van der Waals surface area (Å²) in [7, 11) is 0. The normalized spacial score (nSPS) is 27.6. The smallest absolute Gasteiger partial charge is 0.0169 e. The first-order valence-corrected chi connectivity index (χ1v) is 6.60. The van der Waals surface area contributed by atoms with Crippen LogP contribution >= 0.6 is 0 Å². The number of rotatable bonds is 5. The van der Waals surface area contributed by atoms with E-state index in [1.807, 2.05) is 0 Å². The Bertz CT molecular complexity index is 170. The van der Waals surface area contributed by atoms with Crippen molar-refractivity contribution < 1.29 is 0 Å². The summed E-state index contributed by atoms with van der Waals surface area (Å²) >= 11 is 0. The first kappa shape index (κ1) is 13.0. The number of hydrogen-bond acceptors (Lipinski definition) is 2. The van der Waals surface area contributed by atoms with Gasteiger partial charge in [0.15, 0.2) is 0 Å². The third kappa shape index (κ3) is 4.98. The van der Waals surface area contributed by atoms with Gasteiger partial charge in [0.05, 0.1) is 0 Å². The second kappa shape index (κ2) is 6.49. The Labute approximate surface area is 95.4 Å². The van der Waals surface area contributed by atoms with E-state index in [1.54, 1.807) is 0 Å². The van der Waals surface area contributed by atoms with E-state index in [-0.39, 0.29) is 0 Å². The van der Waals surface area contributed by atoms with Gasteiger partial charge in [0.2, 0.25) is 0 Å². The average molecular weight is 212 g/mol. The highest BCUT2D eigenvalue weighted by Crippen LogP contribution is 2.15. The maximum atomic E-state index is 3.65. The Hall–Kier alpha value is -0.0800. The van der Waals surface area contributed by atoms with Gasteiger partial charge in [-0.15, -0.1) is 0 Å². The van der Waals surface area contributed by atoms with Gasteiger partial charge in [-0.1, -0.05) is 13.8 Å². The highest BCUT2D eigenvalue weighted by atomic mass is 15.2. The van der Waals surface area contributed by atoms with Crippen LogP contribution in [-0.2, 0) is 0 Å². The molecule has 0 bridgehead atoms. The molecule has 1 fully saturated rings. The van der Waals surface area contributed by atoms with Crippen molar-refractivity contribution in [1.82, 2.24) is 10.2 Å². The van der Waals surface area contributed by atoms with Crippen LogP contribution in [0.2, 0.25) is 0 Å². The van der Waals surface area contributed by atoms with Crippen molar-refractivity contribution in [3.8, 4) is 0 Å². The Morgan fingerprint density at radius 1 is 1.33 bits per heavy atom. The highest BCUT2D eigenvalue weighted by molar-refractivity contribution is 4.75. The zero-order chi connectivity index (χ0) is 11.3. The number of likely N-dealkylation sites (tertiary alicyclic amines) is 1. The van der Waals surface area contributed by atoms with Crippen LogP contribution in [0.3, 0.4) is 0 Å². The van der Waals surface area contributed by atoms with Crippen LogP contribution in [0.5, 0.6) is 0 Å². The van der Waals surface area contributed by atoms with Crippen molar-refractivity contribution in [2.75, 3.05) is 19.6 Å². The maximum absolute atomic E-state index is 3.65. The molecule has 1 aliphatic rings. The number of hydrogen-bond donors (Lipinski definition) is 1. The summed E-state index contributed by atoms with van der Waals surface area (Å²) in [6.45, 7) is 13.0. The molecule has 90 valence electrons. The Balaban J connectivity index is 2.21. The van der Waals surface area contributed by atoms with Crippen molar-refractivity contribution in [1.29, 1.82) is 0 Å². The van der Waals surface area contributed by atoms with Gasteiger partial charge < -0.3 is 10.2 Å². The molecule has 1 N–H and O–H groups in total. The van der Waals surface area contributed by atoms with Gasteiger partial charge in [-0.05, 0) is 45.6 Å². The van der Waals surface area contributed by atoms with Crippen LogP contribution in [0.1, 0.15) is 47.0 Å². The zero-order valence-electron chi connectivity index (χ0n) is 10.9. The fraction of sp³-hybridized carbons (Fsp3) is 1.00. The van der Waals surface area contributed by atoms with Gasteiger partial charge in [-0.2, -0.15) is 0 Å². The number of piperidine rings is 1. The monoisotopic (exact) mass is 212 g/mol. The molecular formula is C13H28N2. The van der Waals surface area contributed by atoms with Gasteiger partial charge in [0.25, 0.3) is 0 Å². The average Bonchev–Trinajstić information content (AvgIpc) is 2.17. The molecule has 3 atom stereocenters. The predicted molar refractivity (Wildman–Crippen MR) is 67.2 cm³/mol. The lowest BCUT2D eigenvalue weighted by Crippen LogP contribution is -2.45. The van der Waals surface area contributed by atoms with E-state index in [0.29, 0.717) is 12.1 Å². The lowest BCUT2D eigenvalue weighted by molar-refractivity contribution is 0.167. The lowest BCUT2D eigenvalue weighted by atomic mass is 10.00. The molecule has 1 saturated heterocycles. The zero-order valence-corrected chi connectivity index (χ0v) is 10.9. The quantitative estimate of drug-likeness (QED) is 0.753. The van der Waals surface area contributed by atoms with E-state index >= 15 is 0 Å². The molecule has 0 radical (unpaired) electrons. The molecule has 0 aromatic heterocycles. The van der Waals surface area contributed by atoms with Crippen molar-refractivity contribution in [3.05, 3.63) is 0 Å². The summed E-state index contributed by atoms with van der Waals surface area (Å²) in [6.07, 6.45) is 4.03. The molecule has 0 spiro atoms. The largest absolute Gasteiger partial charge is 0.311 e. The highest BCUT2D eigenvalue weighted by Gasteiger charge is 2.18. The third-order valence-corrected chi connectivity index (χ3v) is 3.45. The van der Waals surface area contributed by atoms with E-state index in [1.165, 1.54) is 38.9 Å². The molecule has 1 heterocycles. The Morgan fingerprint density at radius 3 is 2.67 bits per heavy atom. The second-order valence-electron chi connectivity index (χ2n) is 5.38. The molecule has 2 nitrogen and oxygen atoms in total. The van der Waals surface area contributed by atoms with E-state index in [9.17, 15) is 0 Å². The minimum Gasteiger partial charge on any atom is -0.311 e. The van der Waals surface area contributed by atoms with Crippen molar-refractivity contribution >= 4 is 0 Å². The molecule has 0 aromatic rings. The van der Waals surface area contributed by atoms with E-state index in [2.05, 4.69) is 37.9 Å². The standard InChI is InChI=1S/C13H28N2/c1-5-12(3)14-13(4)10-15-8-6-7-11(2)9-15/h11-14H,5-10H2,1-4H3. The van der Waals surface area contributed by atoms with Crippen LogP contribution < -0.4 is 5.32 Å². The van der Waals surface area contributed by atoms with Crippen LogP contribution in [0, 0.1) is 5.92 Å². The first-order chi connectivity index (χ1) is 7.11. The number of nitrogens with zero attached hydrogens (tertiary/aromatic N) is 1. The van der Waals surface area contributed by atoms with Crippen LogP contribution in [0.4, 0.5) is 0 Å². The van der Waals surface area contributed by atoms with Crippen molar-refractivity contribution in [2.45, 2.75) is 59.0 Å². The molecule has 2 heteroatoms. The summed E-state index contributed by atoms with van der Waals surface area (Å²) in [5.74, 6) is 0.898. The third-order valence-electron chi connectivity index (χ3n) is 3.45. The summed E-state index contributed by atoms with van der Waals surface area (Å²) in [5, 5.41) is 3.65. The molecule has 1 rings (SSSR count). The molecule has 3 unspecified atom stereocenters. The molecule has 1 aliphatic heterocycles. The van der Waals surface area contributed by atoms with Crippen molar-refractivity contribution in [3.63, 3.8) is 0 Å². The summed E-state index contributed by atoms with van der Waals surface area (Å²) in [4.78, 5) is 2.62. The van der Waals surface area contributed by atoms with Crippen molar-refractivity contribution in [2.24, 2.45) is 5.92 Å². The minimum atomic E-state index is 0.630. The minimum absolute atomic E-state index is 0.630. The van der Waals surface area contributed by atoms with Gasteiger partial charge >= 0.3 is 0 Å². The van der Waals surface area contributed by atoms with Gasteiger partial charge in [-0.25, -0.2) is 0 Å². The molecule has 0 aliphatic carbocycles. The second-order valence-corrected chi connectivity index (χ2v) is 5.38. The number of nitrogens with one attached hydrogen (secondary N) is 1. The van der Waals surface area contributed by atoms with Gasteiger partial charge in [-0.3, -0.25) is 0 Å². The van der Waals surface area contributed by atoms with E-state index in [4.69, 9.17) is 0 Å². The molecule has 0 saturated carbocycles. The fourth-order valence-corrected chi connectivity index (χ4v) is 2.50. The predicted octanol–water partition coefficient (Wildman–Crippen LogP) is 2.49. The topological polar surface area (TPSA) is 15.3 Å². The van der Waals surface area contributed by atoms with Crippen LogP contribution in [0.15, 0.2) is 0 Å². The summed E-state index contributed by atoms with van der Waals surface area (Å²) in [5.41, 5.74) is 0. The SMILES string of the molecule is CCC(C)NC(C)CN1CCCC(C)C1. The van der Waals surface area contributed by atoms with Gasteiger partial charge in [0, 0.05) is 25.2 Å². The molecule has 15 heavy (non-hydrogen) atoms. The van der Waals surface area contributed by atoms with Crippen LogP contribution in [-0.4, -0.2) is 36.6 Å². The Kier molecular flexibility index (Phi) is 5.62. The van der Waals surface area contributed by atoms with Gasteiger partial charge in [0.1, 0.15) is 0 Å². The van der Waals surface area contributed by atoms with Crippen LogP contribution in [0.25, 0.3) is 0 Å².